The molecule has 0 fully saturated rings. The Kier molecular flexibility index (Phi) is 4.67. The van der Waals surface area contributed by atoms with Crippen molar-refractivity contribution in [2.45, 2.75) is 36.6 Å². The Morgan fingerprint density at radius 1 is 1.33 bits per heavy atom. The van der Waals surface area contributed by atoms with Gasteiger partial charge >= 0.3 is 5.51 Å². The second kappa shape index (κ2) is 5.65. The lowest BCUT2D eigenvalue weighted by atomic mass is 10.00. The molecule has 0 atom stereocenters. The summed E-state index contributed by atoms with van der Waals surface area (Å²) in [6.45, 7) is 3.67. The molecular weight excluding hydrogens is 265 g/mol. The van der Waals surface area contributed by atoms with Crippen LogP contribution in [-0.2, 0) is 11.2 Å². The number of carboxylic acid groups (broad SMARTS) is 1. The highest BCUT2D eigenvalue weighted by Crippen LogP contribution is 2.38. The maximum Gasteiger partial charge on any atom is 0.446 e. The minimum atomic E-state index is -4.38. The third kappa shape index (κ3) is 5.00. The van der Waals surface area contributed by atoms with Crippen molar-refractivity contribution in [3.63, 3.8) is 0 Å². The number of aliphatic carboxylic acids is 1. The molecule has 0 aliphatic rings. The molecule has 1 aromatic carbocycles. The van der Waals surface area contributed by atoms with Gasteiger partial charge in [-0.2, -0.15) is 13.2 Å². The van der Waals surface area contributed by atoms with E-state index < -0.39 is 11.5 Å². The minimum absolute atomic E-state index is 0.00458. The maximum absolute atomic E-state index is 12.3. The second-order valence-corrected chi connectivity index (χ2v) is 5.30. The van der Waals surface area contributed by atoms with Crippen LogP contribution < -0.4 is 5.11 Å². The second-order valence-electron chi connectivity index (χ2n) is 4.16. The lowest BCUT2D eigenvalue weighted by Gasteiger charge is -2.13. The number of benzene rings is 1. The van der Waals surface area contributed by atoms with E-state index in [-0.39, 0.29) is 29.0 Å². The summed E-state index contributed by atoms with van der Waals surface area (Å²) >= 11 is -0.240. The van der Waals surface area contributed by atoms with Gasteiger partial charge in [-0.15, -0.1) is 0 Å². The predicted octanol–water partition coefficient (Wildman–Crippen LogP) is 2.71. The monoisotopic (exact) mass is 277 g/mol. The molecule has 0 N–H and O–H groups in total. The smallest absolute Gasteiger partial charge is 0.446 e. The molecule has 100 valence electrons. The first-order chi connectivity index (χ1) is 8.17. The van der Waals surface area contributed by atoms with Crippen LogP contribution in [0.15, 0.2) is 23.1 Å². The number of halogens is 3. The number of carboxylic acids is 1. The summed E-state index contributed by atoms with van der Waals surface area (Å²) in [5, 5.41) is 10.5. The van der Waals surface area contributed by atoms with Gasteiger partial charge in [0.15, 0.2) is 0 Å². The quantitative estimate of drug-likeness (QED) is 0.794. The number of carbonyl (C=O) groups is 1. The van der Waals surface area contributed by atoms with Crippen LogP contribution in [0.2, 0.25) is 0 Å². The van der Waals surface area contributed by atoms with E-state index in [1.54, 1.807) is 6.07 Å². The molecule has 0 bridgehead atoms. The Morgan fingerprint density at radius 3 is 2.39 bits per heavy atom. The summed E-state index contributed by atoms with van der Waals surface area (Å²) in [5.74, 6) is -1.28. The first-order valence-corrected chi connectivity index (χ1v) is 6.08. The van der Waals surface area contributed by atoms with Gasteiger partial charge in [-0.05, 0) is 40.9 Å². The average Bonchev–Trinajstić information content (AvgIpc) is 2.12. The van der Waals surface area contributed by atoms with E-state index in [1.807, 2.05) is 13.8 Å². The topological polar surface area (TPSA) is 40.1 Å². The number of hydrogen-bond donors (Lipinski definition) is 0. The van der Waals surface area contributed by atoms with E-state index in [4.69, 9.17) is 0 Å². The fourth-order valence-electron chi connectivity index (χ4n) is 1.48. The van der Waals surface area contributed by atoms with Crippen molar-refractivity contribution in [3.05, 3.63) is 29.3 Å². The Labute approximate surface area is 107 Å². The molecule has 1 rings (SSSR count). The Morgan fingerprint density at radius 2 is 1.94 bits per heavy atom. The molecule has 6 heteroatoms. The van der Waals surface area contributed by atoms with Gasteiger partial charge < -0.3 is 9.90 Å². The highest BCUT2D eigenvalue weighted by atomic mass is 32.2. The molecule has 0 unspecified atom stereocenters. The highest BCUT2D eigenvalue weighted by Gasteiger charge is 2.29. The van der Waals surface area contributed by atoms with Crippen LogP contribution in [0.1, 0.15) is 30.9 Å². The average molecular weight is 277 g/mol. The molecule has 0 spiro atoms. The van der Waals surface area contributed by atoms with Crippen LogP contribution in [0.5, 0.6) is 0 Å². The normalized spacial score (nSPS) is 11.9. The van der Waals surface area contributed by atoms with Gasteiger partial charge in [0.25, 0.3) is 0 Å². The van der Waals surface area contributed by atoms with Gasteiger partial charge in [-0.25, -0.2) is 0 Å². The van der Waals surface area contributed by atoms with Gasteiger partial charge in [-0.3, -0.25) is 0 Å². The number of alkyl halides is 3. The van der Waals surface area contributed by atoms with Gasteiger partial charge in [0, 0.05) is 17.3 Å². The minimum Gasteiger partial charge on any atom is -0.550 e. The van der Waals surface area contributed by atoms with Crippen LogP contribution >= 0.6 is 11.8 Å². The molecular formula is C12H12F3O2S-. The van der Waals surface area contributed by atoms with Crippen molar-refractivity contribution in [1.82, 2.24) is 0 Å². The molecule has 0 amide bonds. The summed E-state index contributed by atoms with van der Waals surface area (Å²) in [6, 6.07) is 4.27. The maximum atomic E-state index is 12.3. The lowest BCUT2D eigenvalue weighted by Crippen LogP contribution is -2.24. The summed E-state index contributed by atoms with van der Waals surface area (Å²) in [5.41, 5.74) is -3.37. The molecule has 2 nitrogen and oxygen atoms in total. The fourth-order valence-corrected chi connectivity index (χ4v) is 2.15. The Bertz CT molecular complexity index is 441. The fraction of sp³-hybridized carbons (Fsp3) is 0.417. The van der Waals surface area contributed by atoms with Crippen molar-refractivity contribution >= 4 is 17.7 Å². The van der Waals surface area contributed by atoms with Crippen LogP contribution in [0, 0.1) is 0 Å². The summed E-state index contributed by atoms with van der Waals surface area (Å²) < 4.78 is 36.9. The van der Waals surface area contributed by atoms with Crippen molar-refractivity contribution < 1.29 is 23.1 Å². The molecule has 0 aliphatic carbocycles. The zero-order valence-corrected chi connectivity index (χ0v) is 10.7. The van der Waals surface area contributed by atoms with Crippen molar-refractivity contribution in [3.8, 4) is 0 Å². The number of carbonyl (C=O) groups excluding carboxylic acids is 1. The largest absolute Gasteiger partial charge is 0.550 e. The molecule has 0 aromatic heterocycles. The Balaban J connectivity index is 3.09. The van der Waals surface area contributed by atoms with E-state index in [0.29, 0.717) is 11.1 Å². The third-order valence-electron chi connectivity index (χ3n) is 2.24. The first-order valence-electron chi connectivity index (χ1n) is 5.27. The molecule has 1 aromatic rings. The van der Waals surface area contributed by atoms with Crippen LogP contribution in [0.3, 0.4) is 0 Å². The van der Waals surface area contributed by atoms with E-state index in [9.17, 15) is 23.1 Å². The molecule has 0 saturated carbocycles. The zero-order chi connectivity index (χ0) is 13.9. The third-order valence-corrected chi connectivity index (χ3v) is 2.94. The molecule has 0 radical (unpaired) electrons. The van der Waals surface area contributed by atoms with E-state index >= 15 is 0 Å². The summed E-state index contributed by atoms with van der Waals surface area (Å²) in [7, 11) is 0. The lowest BCUT2D eigenvalue weighted by molar-refractivity contribution is -0.304. The van der Waals surface area contributed by atoms with E-state index in [2.05, 4.69) is 0 Å². The zero-order valence-electron chi connectivity index (χ0n) is 9.88. The molecule has 0 aliphatic heterocycles. The summed E-state index contributed by atoms with van der Waals surface area (Å²) in [4.78, 5) is 10.5. The van der Waals surface area contributed by atoms with Crippen molar-refractivity contribution in [1.29, 1.82) is 0 Å². The van der Waals surface area contributed by atoms with E-state index in [1.165, 1.54) is 12.1 Å². The van der Waals surface area contributed by atoms with Crippen LogP contribution in [0.25, 0.3) is 0 Å². The van der Waals surface area contributed by atoms with Crippen LogP contribution in [0.4, 0.5) is 13.2 Å². The highest BCUT2D eigenvalue weighted by molar-refractivity contribution is 8.00. The summed E-state index contributed by atoms with van der Waals surface area (Å²) in [6.07, 6.45) is -0.383. The standard InChI is InChI=1S/C12H13F3O2S/c1-7(2)9-3-8(5-11(16)17)4-10(6-9)18-12(13,14)15/h3-4,6-7H,5H2,1-2H3,(H,16,17)/p-1. The molecule has 18 heavy (non-hydrogen) atoms. The number of thioether (sulfide) groups is 1. The number of rotatable bonds is 4. The molecule has 0 heterocycles. The SMILES string of the molecule is CC(C)c1cc(CC(=O)[O-])cc(SC(F)(F)F)c1. The van der Waals surface area contributed by atoms with Gasteiger partial charge in [0.1, 0.15) is 0 Å². The first kappa shape index (κ1) is 14.9. The predicted molar refractivity (Wildman–Crippen MR) is 61.2 cm³/mol. The van der Waals surface area contributed by atoms with Crippen molar-refractivity contribution in [2.75, 3.05) is 0 Å². The Hall–Kier alpha value is -1.17. The van der Waals surface area contributed by atoms with Gasteiger partial charge in [0.05, 0.1) is 0 Å². The van der Waals surface area contributed by atoms with Crippen molar-refractivity contribution in [2.24, 2.45) is 0 Å². The van der Waals surface area contributed by atoms with Gasteiger partial charge in [-0.1, -0.05) is 19.9 Å². The number of hydrogen-bond acceptors (Lipinski definition) is 3. The van der Waals surface area contributed by atoms with Crippen LogP contribution in [-0.4, -0.2) is 11.5 Å². The van der Waals surface area contributed by atoms with E-state index in [0.717, 1.165) is 0 Å². The molecule has 0 saturated heterocycles. The van der Waals surface area contributed by atoms with Gasteiger partial charge in [0.2, 0.25) is 0 Å².